The number of hydrogen-bond acceptors (Lipinski definition) is 4. The molecule has 0 aromatic rings. The smallest absolute Gasteiger partial charge is 0.245 e. The number of amides is 2. The maximum atomic E-state index is 12.4. The molecule has 0 radical (unpaired) electrons. The van der Waals surface area contributed by atoms with Crippen molar-refractivity contribution in [2.24, 2.45) is 0 Å². The number of methoxy groups -OCH3 is 1. The Bertz CT molecular complexity index is 362. The molecule has 1 N–H and O–H groups in total. The second kappa shape index (κ2) is 7.04. The lowest BCUT2D eigenvalue weighted by molar-refractivity contribution is -0.154. The summed E-state index contributed by atoms with van der Waals surface area (Å²) in [5.74, 6) is 0.181. The van der Waals surface area contributed by atoms with Crippen LogP contribution >= 0.6 is 0 Å². The zero-order valence-electron chi connectivity index (χ0n) is 12.4. The molecule has 114 valence electrons. The van der Waals surface area contributed by atoms with Gasteiger partial charge in [-0.2, -0.15) is 0 Å². The van der Waals surface area contributed by atoms with Crippen molar-refractivity contribution in [2.75, 3.05) is 39.9 Å². The second-order valence-electron chi connectivity index (χ2n) is 5.57. The van der Waals surface area contributed by atoms with Crippen LogP contribution in [0.4, 0.5) is 0 Å². The predicted octanol–water partition coefficient (Wildman–Crippen LogP) is -0.166. The van der Waals surface area contributed by atoms with Gasteiger partial charge >= 0.3 is 0 Å². The van der Waals surface area contributed by atoms with Crippen molar-refractivity contribution >= 4 is 11.8 Å². The Morgan fingerprint density at radius 2 is 2.25 bits per heavy atom. The Hall–Kier alpha value is -1.14. The second-order valence-corrected chi connectivity index (χ2v) is 5.57. The quantitative estimate of drug-likeness (QED) is 0.705. The van der Waals surface area contributed by atoms with E-state index in [1.807, 2.05) is 0 Å². The Labute approximate surface area is 120 Å². The maximum Gasteiger partial charge on any atom is 0.245 e. The normalized spacial score (nSPS) is 24.2. The van der Waals surface area contributed by atoms with E-state index in [0.717, 1.165) is 32.4 Å². The van der Waals surface area contributed by atoms with Crippen LogP contribution in [0.25, 0.3) is 0 Å². The van der Waals surface area contributed by atoms with Crippen molar-refractivity contribution in [1.82, 2.24) is 15.1 Å². The van der Waals surface area contributed by atoms with E-state index in [-0.39, 0.29) is 30.4 Å². The van der Waals surface area contributed by atoms with Gasteiger partial charge in [-0.3, -0.25) is 9.59 Å². The SMILES string of the molecule is CCCNC(COC)CN1CC(=O)N2CCCC2C1=O. The minimum Gasteiger partial charge on any atom is -0.383 e. The zero-order valence-corrected chi connectivity index (χ0v) is 12.4. The summed E-state index contributed by atoms with van der Waals surface area (Å²) in [6.45, 7) is 5.03. The van der Waals surface area contributed by atoms with Gasteiger partial charge in [-0.1, -0.05) is 6.92 Å². The number of nitrogens with zero attached hydrogens (tertiary/aromatic N) is 2. The van der Waals surface area contributed by atoms with Crippen LogP contribution in [0.15, 0.2) is 0 Å². The lowest BCUT2D eigenvalue weighted by atomic mass is 10.1. The zero-order chi connectivity index (χ0) is 14.5. The Morgan fingerprint density at radius 3 is 2.95 bits per heavy atom. The van der Waals surface area contributed by atoms with Crippen LogP contribution in [0.5, 0.6) is 0 Å². The van der Waals surface area contributed by atoms with E-state index in [2.05, 4.69) is 12.2 Å². The van der Waals surface area contributed by atoms with Crippen LogP contribution < -0.4 is 5.32 Å². The third kappa shape index (κ3) is 3.30. The molecule has 0 aromatic heterocycles. The van der Waals surface area contributed by atoms with Crippen LogP contribution in [0, 0.1) is 0 Å². The van der Waals surface area contributed by atoms with E-state index in [1.165, 1.54) is 0 Å². The van der Waals surface area contributed by atoms with Crippen molar-refractivity contribution in [1.29, 1.82) is 0 Å². The molecular formula is C14H25N3O3. The number of carbonyl (C=O) groups is 2. The van der Waals surface area contributed by atoms with Gasteiger partial charge in [-0.25, -0.2) is 0 Å². The van der Waals surface area contributed by atoms with E-state index >= 15 is 0 Å². The van der Waals surface area contributed by atoms with Crippen LogP contribution in [0.2, 0.25) is 0 Å². The topological polar surface area (TPSA) is 61.9 Å². The van der Waals surface area contributed by atoms with Gasteiger partial charge in [0.25, 0.3) is 0 Å². The van der Waals surface area contributed by atoms with Crippen molar-refractivity contribution in [3.05, 3.63) is 0 Å². The lowest BCUT2D eigenvalue weighted by Crippen LogP contribution is -2.60. The molecule has 2 atom stereocenters. The van der Waals surface area contributed by atoms with Crippen LogP contribution in [-0.4, -0.2) is 73.6 Å². The van der Waals surface area contributed by atoms with Crippen LogP contribution in [-0.2, 0) is 14.3 Å². The fraction of sp³-hybridized carbons (Fsp3) is 0.857. The first-order chi connectivity index (χ1) is 9.67. The molecule has 0 aliphatic carbocycles. The number of fused-ring (bicyclic) bond motifs is 1. The lowest BCUT2D eigenvalue weighted by Gasteiger charge is -2.38. The van der Waals surface area contributed by atoms with Gasteiger partial charge in [0.15, 0.2) is 0 Å². The number of rotatable bonds is 7. The molecule has 2 amide bonds. The van der Waals surface area contributed by atoms with Crippen LogP contribution in [0.3, 0.4) is 0 Å². The Balaban J connectivity index is 1.96. The fourth-order valence-electron chi connectivity index (χ4n) is 3.01. The molecule has 2 aliphatic rings. The summed E-state index contributed by atoms with van der Waals surface area (Å²) in [7, 11) is 1.66. The number of hydrogen-bond donors (Lipinski definition) is 1. The van der Waals surface area contributed by atoms with Gasteiger partial charge in [0.1, 0.15) is 6.04 Å². The van der Waals surface area contributed by atoms with Crippen LogP contribution in [0.1, 0.15) is 26.2 Å². The first-order valence-corrected chi connectivity index (χ1v) is 7.48. The average Bonchev–Trinajstić information content (AvgIpc) is 2.92. The molecule has 6 nitrogen and oxygen atoms in total. The Morgan fingerprint density at radius 1 is 1.45 bits per heavy atom. The molecule has 2 saturated heterocycles. The number of carbonyl (C=O) groups excluding carboxylic acids is 2. The molecule has 2 rings (SSSR count). The molecule has 0 aromatic carbocycles. The van der Waals surface area contributed by atoms with Gasteiger partial charge in [-0.15, -0.1) is 0 Å². The van der Waals surface area contributed by atoms with E-state index in [9.17, 15) is 9.59 Å². The minimum atomic E-state index is -0.217. The van der Waals surface area contributed by atoms with E-state index in [1.54, 1.807) is 16.9 Å². The monoisotopic (exact) mass is 283 g/mol. The molecule has 0 spiro atoms. The first kappa shape index (κ1) is 15.3. The molecule has 2 aliphatic heterocycles. The number of piperazine rings is 1. The summed E-state index contributed by atoms with van der Waals surface area (Å²) in [6.07, 6.45) is 2.77. The summed E-state index contributed by atoms with van der Waals surface area (Å²) < 4.78 is 5.20. The largest absolute Gasteiger partial charge is 0.383 e. The molecule has 2 fully saturated rings. The predicted molar refractivity (Wildman–Crippen MR) is 75.3 cm³/mol. The summed E-state index contributed by atoms with van der Waals surface area (Å²) in [5, 5.41) is 3.37. The molecule has 2 heterocycles. The molecule has 6 heteroatoms. The number of nitrogens with one attached hydrogen (secondary N) is 1. The molecule has 0 bridgehead atoms. The van der Waals surface area contributed by atoms with Crippen molar-refractivity contribution < 1.29 is 14.3 Å². The summed E-state index contributed by atoms with van der Waals surface area (Å²) >= 11 is 0. The van der Waals surface area contributed by atoms with E-state index in [4.69, 9.17) is 4.74 Å². The highest BCUT2D eigenvalue weighted by molar-refractivity contribution is 5.95. The summed E-state index contributed by atoms with van der Waals surface area (Å²) in [6, 6.07) is -0.129. The van der Waals surface area contributed by atoms with Gasteiger partial charge < -0.3 is 19.9 Å². The molecule has 0 saturated carbocycles. The summed E-state index contributed by atoms with van der Waals surface area (Å²) in [4.78, 5) is 27.9. The third-order valence-corrected chi connectivity index (χ3v) is 3.99. The average molecular weight is 283 g/mol. The maximum absolute atomic E-state index is 12.4. The standard InChI is InChI=1S/C14H25N3O3/c1-3-6-15-11(10-20-2)8-16-9-13(18)17-7-4-5-12(17)14(16)19/h11-12,15H,3-10H2,1-2H3. The fourth-order valence-corrected chi connectivity index (χ4v) is 3.01. The highest BCUT2D eigenvalue weighted by Crippen LogP contribution is 2.23. The molecule has 2 unspecified atom stereocenters. The molecule has 20 heavy (non-hydrogen) atoms. The van der Waals surface area contributed by atoms with E-state index in [0.29, 0.717) is 13.2 Å². The van der Waals surface area contributed by atoms with Crippen molar-refractivity contribution in [3.8, 4) is 0 Å². The van der Waals surface area contributed by atoms with Crippen molar-refractivity contribution in [3.63, 3.8) is 0 Å². The van der Waals surface area contributed by atoms with Gasteiger partial charge in [0, 0.05) is 26.2 Å². The Kier molecular flexibility index (Phi) is 5.37. The molecular weight excluding hydrogens is 258 g/mol. The number of ether oxygens (including phenoxy) is 1. The van der Waals surface area contributed by atoms with Gasteiger partial charge in [-0.05, 0) is 25.8 Å². The van der Waals surface area contributed by atoms with E-state index < -0.39 is 0 Å². The minimum absolute atomic E-state index is 0.0822. The van der Waals surface area contributed by atoms with Crippen molar-refractivity contribution in [2.45, 2.75) is 38.3 Å². The van der Waals surface area contributed by atoms with Gasteiger partial charge in [0.05, 0.1) is 13.2 Å². The van der Waals surface area contributed by atoms with Gasteiger partial charge in [0.2, 0.25) is 11.8 Å². The first-order valence-electron chi connectivity index (χ1n) is 7.48. The summed E-state index contributed by atoms with van der Waals surface area (Å²) in [5.41, 5.74) is 0. The highest BCUT2D eigenvalue weighted by atomic mass is 16.5. The highest BCUT2D eigenvalue weighted by Gasteiger charge is 2.42. The third-order valence-electron chi connectivity index (χ3n) is 3.99.